The topological polar surface area (TPSA) is 54.3 Å². The fourth-order valence-corrected chi connectivity index (χ4v) is 2.39. The van der Waals surface area contributed by atoms with Gasteiger partial charge in [0.2, 0.25) is 5.91 Å². The number of piperidine rings is 1. The Labute approximate surface area is 93.7 Å². The van der Waals surface area contributed by atoms with E-state index in [1.165, 1.54) is 6.08 Å². The van der Waals surface area contributed by atoms with Crippen molar-refractivity contribution >= 4 is 12.0 Å². The molecule has 1 saturated carbocycles. The first-order valence-electron chi connectivity index (χ1n) is 5.57. The second-order valence-electron chi connectivity index (χ2n) is 4.37. The van der Waals surface area contributed by atoms with E-state index in [4.69, 9.17) is 4.42 Å². The van der Waals surface area contributed by atoms with Crippen LogP contribution < -0.4 is 10.6 Å². The third-order valence-electron chi connectivity index (χ3n) is 3.34. The highest BCUT2D eigenvalue weighted by atomic mass is 16.3. The zero-order valence-electron chi connectivity index (χ0n) is 8.85. The molecule has 0 bridgehead atoms. The van der Waals surface area contributed by atoms with E-state index in [0.29, 0.717) is 23.6 Å². The van der Waals surface area contributed by atoms with Gasteiger partial charge < -0.3 is 15.1 Å². The fraction of sp³-hybridized carbons (Fsp3) is 0.417. The van der Waals surface area contributed by atoms with E-state index in [1.807, 2.05) is 6.07 Å². The summed E-state index contributed by atoms with van der Waals surface area (Å²) < 4.78 is 5.10. The molecule has 1 aromatic heterocycles. The highest BCUT2D eigenvalue weighted by Gasteiger charge is 2.53. The van der Waals surface area contributed by atoms with Gasteiger partial charge in [-0.1, -0.05) is 0 Å². The molecule has 1 aliphatic carbocycles. The number of carbonyl (C=O) groups excluding carboxylic acids is 1. The quantitative estimate of drug-likeness (QED) is 0.731. The minimum atomic E-state index is -0.0317. The first-order valence-corrected chi connectivity index (χ1v) is 5.57. The Hall–Kier alpha value is -1.55. The van der Waals surface area contributed by atoms with Crippen molar-refractivity contribution in [2.24, 2.45) is 11.8 Å². The second-order valence-corrected chi connectivity index (χ2v) is 4.37. The van der Waals surface area contributed by atoms with Crippen molar-refractivity contribution in [2.75, 3.05) is 13.1 Å². The zero-order valence-corrected chi connectivity index (χ0v) is 8.85. The number of hydrogen-bond acceptors (Lipinski definition) is 3. The number of furan rings is 1. The monoisotopic (exact) mass is 218 g/mol. The third-order valence-corrected chi connectivity index (χ3v) is 3.34. The summed E-state index contributed by atoms with van der Waals surface area (Å²) in [5.74, 6) is 1.98. The Morgan fingerprint density at radius 3 is 3.00 bits per heavy atom. The molecule has 1 saturated heterocycles. The number of amides is 1. The summed E-state index contributed by atoms with van der Waals surface area (Å²) >= 11 is 0. The van der Waals surface area contributed by atoms with E-state index in [1.54, 1.807) is 18.4 Å². The number of hydrogen-bond donors (Lipinski definition) is 2. The van der Waals surface area contributed by atoms with E-state index < -0.39 is 0 Å². The molecule has 2 aliphatic rings. The molecule has 1 aromatic rings. The molecule has 84 valence electrons. The summed E-state index contributed by atoms with van der Waals surface area (Å²) in [6, 6.07) is 4.00. The number of carbonyl (C=O) groups is 1. The summed E-state index contributed by atoms with van der Waals surface area (Å²) in [4.78, 5) is 11.6. The Morgan fingerprint density at radius 1 is 1.50 bits per heavy atom. The van der Waals surface area contributed by atoms with Gasteiger partial charge in [0.25, 0.3) is 0 Å². The van der Waals surface area contributed by atoms with Crippen molar-refractivity contribution in [3.63, 3.8) is 0 Å². The van der Waals surface area contributed by atoms with Crippen LogP contribution in [0.15, 0.2) is 28.9 Å². The third kappa shape index (κ3) is 1.76. The summed E-state index contributed by atoms with van der Waals surface area (Å²) in [5, 5.41) is 6.31. The van der Waals surface area contributed by atoms with Crippen molar-refractivity contribution in [2.45, 2.75) is 6.04 Å². The first-order chi connectivity index (χ1) is 7.84. The van der Waals surface area contributed by atoms with Gasteiger partial charge in [-0.25, -0.2) is 0 Å². The maximum Gasteiger partial charge on any atom is 0.244 e. The smallest absolute Gasteiger partial charge is 0.244 e. The van der Waals surface area contributed by atoms with Gasteiger partial charge in [0.15, 0.2) is 0 Å². The van der Waals surface area contributed by atoms with E-state index in [2.05, 4.69) is 10.6 Å². The molecule has 2 unspecified atom stereocenters. The molecule has 3 rings (SSSR count). The molecule has 1 aliphatic heterocycles. The highest BCUT2D eigenvalue weighted by Crippen LogP contribution is 2.41. The van der Waals surface area contributed by atoms with E-state index >= 15 is 0 Å². The van der Waals surface area contributed by atoms with E-state index in [9.17, 15) is 4.79 Å². The summed E-state index contributed by atoms with van der Waals surface area (Å²) in [5.41, 5.74) is 0. The number of nitrogens with one attached hydrogen (secondary N) is 2. The molecular formula is C12H14N2O2. The summed E-state index contributed by atoms with van der Waals surface area (Å²) in [6.07, 6.45) is 4.81. The minimum Gasteiger partial charge on any atom is -0.465 e. The van der Waals surface area contributed by atoms with Crippen molar-refractivity contribution in [3.05, 3.63) is 30.2 Å². The molecule has 2 atom stereocenters. The molecule has 1 amide bonds. The van der Waals surface area contributed by atoms with Crippen LogP contribution in [0.25, 0.3) is 6.08 Å². The Bertz CT molecular complexity index is 401. The Morgan fingerprint density at radius 2 is 2.31 bits per heavy atom. The van der Waals surface area contributed by atoms with Crippen molar-refractivity contribution < 1.29 is 9.21 Å². The Balaban J connectivity index is 1.51. The minimum absolute atomic E-state index is 0.0317. The lowest BCUT2D eigenvalue weighted by Gasteiger charge is -2.04. The standard InChI is InChI=1S/C12H14N2O2/c15-11(4-3-8-2-1-5-16-8)14-12-9-6-13-7-10(9)12/h1-5,9-10,12-13H,6-7H2,(H,14,15)/b4-3+. The number of fused-ring (bicyclic) bond motifs is 1. The van der Waals surface area contributed by atoms with Gasteiger partial charge in [0, 0.05) is 25.2 Å². The second kappa shape index (κ2) is 3.79. The fourth-order valence-electron chi connectivity index (χ4n) is 2.39. The lowest BCUT2D eigenvalue weighted by atomic mass is 10.3. The molecule has 2 N–H and O–H groups in total. The lowest BCUT2D eigenvalue weighted by molar-refractivity contribution is -0.116. The lowest BCUT2D eigenvalue weighted by Crippen LogP contribution is -2.31. The molecule has 16 heavy (non-hydrogen) atoms. The maximum absolute atomic E-state index is 11.6. The van der Waals surface area contributed by atoms with Crippen LogP contribution in [0, 0.1) is 11.8 Å². The van der Waals surface area contributed by atoms with Crippen LogP contribution >= 0.6 is 0 Å². The van der Waals surface area contributed by atoms with Gasteiger partial charge >= 0.3 is 0 Å². The highest BCUT2D eigenvalue weighted by molar-refractivity contribution is 5.91. The number of rotatable bonds is 3. The van der Waals surface area contributed by atoms with Crippen LogP contribution in [-0.2, 0) is 4.79 Å². The Kier molecular flexibility index (Phi) is 2.29. The molecule has 0 spiro atoms. The van der Waals surface area contributed by atoms with Gasteiger partial charge in [0.1, 0.15) is 5.76 Å². The van der Waals surface area contributed by atoms with Crippen LogP contribution in [0.4, 0.5) is 0 Å². The SMILES string of the molecule is O=C(/C=C/c1ccco1)NC1C2CNCC21. The van der Waals surface area contributed by atoms with Crippen LogP contribution in [0.3, 0.4) is 0 Å². The molecular weight excluding hydrogens is 204 g/mol. The van der Waals surface area contributed by atoms with Gasteiger partial charge in [0.05, 0.1) is 6.26 Å². The molecule has 4 nitrogen and oxygen atoms in total. The molecule has 4 heteroatoms. The molecule has 0 aromatic carbocycles. The summed E-state index contributed by atoms with van der Waals surface area (Å²) in [7, 11) is 0. The predicted octanol–water partition coefficient (Wildman–Crippen LogP) is 0.627. The van der Waals surface area contributed by atoms with Crippen molar-refractivity contribution in [1.82, 2.24) is 10.6 Å². The van der Waals surface area contributed by atoms with Gasteiger partial charge in [-0.3, -0.25) is 4.79 Å². The summed E-state index contributed by atoms with van der Waals surface area (Å²) in [6.45, 7) is 2.08. The average molecular weight is 218 g/mol. The first kappa shape index (κ1) is 9.66. The van der Waals surface area contributed by atoms with Crippen LogP contribution in [-0.4, -0.2) is 25.0 Å². The van der Waals surface area contributed by atoms with Crippen LogP contribution in [0.1, 0.15) is 5.76 Å². The maximum atomic E-state index is 11.6. The molecule has 2 heterocycles. The van der Waals surface area contributed by atoms with Crippen molar-refractivity contribution in [1.29, 1.82) is 0 Å². The normalized spacial score (nSPS) is 31.6. The van der Waals surface area contributed by atoms with Crippen LogP contribution in [0.5, 0.6) is 0 Å². The molecule has 2 fully saturated rings. The van der Waals surface area contributed by atoms with Gasteiger partial charge in [-0.2, -0.15) is 0 Å². The van der Waals surface area contributed by atoms with Crippen molar-refractivity contribution in [3.8, 4) is 0 Å². The largest absolute Gasteiger partial charge is 0.465 e. The van der Waals surface area contributed by atoms with E-state index in [-0.39, 0.29) is 5.91 Å². The average Bonchev–Trinajstić information content (AvgIpc) is 2.80. The molecule has 0 radical (unpaired) electrons. The van der Waals surface area contributed by atoms with Gasteiger partial charge in [-0.05, 0) is 30.0 Å². The predicted molar refractivity (Wildman–Crippen MR) is 59.5 cm³/mol. The zero-order chi connectivity index (χ0) is 11.0. The van der Waals surface area contributed by atoms with Crippen LogP contribution in [0.2, 0.25) is 0 Å². The van der Waals surface area contributed by atoms with Gasteiger partial charge in [-0.15, -0.1) is 0 Å². The van der Waals surface area contributed by atoms with E-state index in [0.717, 1.165) is 13.1 Å².